The van der Waals surface area contributed by atoms with Crippen molar-refractivity contribution in [3.63, 3.8) is 0 Å². The van der Waals surface area contributed by atoms with Crippen LogP contribution in [0.25, 0.3) is 11.4 Å². The van der Waals surface area contributed by atoms with Crippen molar-refractivity contribution >= 4 is 27.6 Å². The molecule has 2 heterocycles. The Bertz CT molecular complexity index is 1150. The molecule has 0 aliphatic heterocycles. The van der Waals surface area contributed by atoms with Crippen LogP contribution in [0.5, 0.6) is 0 Å². The van der Waals surface area contributed by atoms with Crippen LogP contribution in [0.15, 0.2) is 48.7 Å². The van der Waals surface area contributed by atoms with Gasteiger partial charge in [-0.25, -0.2) is 26.7 Å². The smallest absolute Gasteiger partial charge is 0.413 e. The molecule has 3 aromatic rings. The number of aryl methyl sites for hydroxylation is 1. The summed E-state index contributed by atoms with van der Waals surface area (Å²) in [7, 11) is -1.99. The molecular formula is C18H18F2N6O4S. The summed E-state index contributed by atoms with van der Waals surface area (Å²) in [5.74, 6) is 0.0578. The van der Waals surface area contributed by atoms with E-state index in [1.54, 1.807) is 18.2 Å². The highest BCUT2D eigenvalue weighted by Crippen LogP contribution is 2.27. The van der Waals surface area contributed by atoms with Gasteiger partial charge in [-0.05, 0) is 17.7 Å². The molecule has 0 radical (unpaired) electrons. The predicted molar refractivity (Wildman–Crippen MR) is 108 cm³/mol. The molecular weight excluding hydrogens is 434 g/mol. The maximum atomic E-state index is 13.4. The minimum absolute atomic E-state index is 0.0578. The number of hydrogen-bond acceptors (Lipinski definition) is 7. The van der Waals surface area contributed by atoms with E-state index < -0.39 is 28.6 Å². The molecule has 0 spiro atoms. The van der Waals surface area contributed by atoms with Gasteiger partial charge in [-0.15, -0.1) is 5.10 Å². The van der Waals surface area contributed by atoms with Gasteiger partial charge in [0.1, 0.15) is 0 Å². The van der Waals surface area contributed by atoms with E-state index in [1.807, 2.05) is 0 Å². The van der Waals surface area contributed by atoms with Crippen LogP contribution >= 0.6 is 0 Å². The number of anilines is 2. The van der Waals surface area contributed by atoms with Gasteiger partial charge in [-0.2, -0.15) is 0 Å². The van der Waals surface area contributed by atoms with Crippen LogP contribution < -0.4 is 10.0 Å². The lowest BCUT2D eigenvalue weighted by atomic mass is 10.1. The lowest BCUT2D eigenvalue weighted by molar-refractivity contribution is -0.0143. The van der Waals surface area contributed by atoms with Crippen LogP contribution in [-0.4, -0.2) is 47.2 Å². The van der Waals surface area contributed by atoms with E-state index in [-0.39, 0.29) is 28.5 Å². The van der Waals surface area contributed by atoms with E-state index in [1.165, 1.54) is 42.2 Å². The zero-order chi connectivity index (χ0) is 22.6. The summed E-state index contributed by atoms with van der Waals surface area (Å²) >= 11 is 0. The molecule has 1 atom stereocenters. The second kappa shape index (κ2) is 9.04. The monoisotopic (exact) mass is 452 g/mol. The van der Waals surface area contributed by atoms with Crippen LogP contribution in [0, 0.1) is 0 Å². The summed E-state index contributed by atoms with van der Waals surface area (Å²) in [5.41, 5.74) is 0.771. The number of amides is 1. The number of carbonyl (C=O) groups is 1. The van der Waals surface area contributed by atoms with Gasteiger partial charge in [0, 0.05) is 7.05 Å². The van der Waals surface area contributed by atoms with Crippen LogP contribution in [0.3, 0.4) is 0 Å². The number of halogens is 2. The first-order chi connectivity index (χ1) is 14.6. The quantitative estimate of drug-likeness (QED) is 0.564. The number of aromatic nitrogens is 4. The normalized spacial score (nSPS) is 12.4. The van der Waals surface area contributed by atoms with E-state index in [4.69, 9.17) is 4.74 Å². The zero-order valence-corrected chi connectivity index (χ0v) is 17.2. The molecule has 0 fully saturated rings. The number of sulfonamides is 1. The number of benzene rings is 1. The minimum atomic E-state index is -3.47. The average Bonchev–Trinajstić information content (AvgIpc) is 3.06. The van der Waals surface area contributed by atoms with Crippen molar-refractivity contribution in [3.05, 3.63) is 54.2 Å². The maximum absolute atomic E-state index is 13.4. The Balaban J connectivity index is 1.78. The summed E-state index contributed by atoms with van der Waals surface area (Å²) < 4.78 is 57.8. The lowest BCUT2D eigenvalue weighted by Gasteiger charge is -2.18. The summed E-state index contributed by atoms with van der Waals surface area (Å²) in [6, 6.07) is 10.5. The molecule has 1 amide bonds. The van der Waals surface area contributed by atoms with Crippen molar-refractivity contribution in [2.24, 2.45) is 7.05 Å². The fourth-order valence-corrected chi connectivity index (χ4v) is 3.18. The first kappa shape index (κ1) is 22.1. The highest BCUT2D eigenvalue weighted by Gasteiger charge is 2.27. The van der Waals surface area contributed by atoms with E-state index >= 15 is 0 Å². The molecule has 0 aliphatic carbocycles. The van der Waals surface area contributed by atoms with Crippen molar-refractivity contribution in [2.45, 2.75) is 12.5 Å². The molecule has 1 unspecified atom stereocenters. The number of pyridine rings is 1. The molecule has 2 N–H and O–H groups in total. The fraction of sp³-hybridized carbons (Fsp3) is 0.222. The van der Waals surface area contributed by atoms with Crippen molar-refractivity contribution in [3.8, 4) is 11.4 Å². The second-order valence-electron chi connectivity index (χ2n) is 6.41. The molecule has 3 rings (SSSR count). The van der Waals surface area contributed by atoms with Gasteiger partial charge in [0.25, 0.3) is 6.43 Å². The first-order valence-corrected chi connectivity index (χ1v) is 10.7. The zero-order valence-electron chi connectivity index (χ0n) is 16.4. The Morgan fingerprint density at radius 1 is 1.16 bits per heavy atom. The molecule has 0 saturated carbocycles. The Morgan fingerprint density at radius 2 is 1.87 bits per heavy atom. The molecule has 10 nitrogen and oxygen atoms in total. The summed E-state index contributed by atoms with van der Waals surface area (Å²) in [5, 5.41) is 10.1. The van der Waals surface area contributed by atoms with Gasteiger partial charge < -0.3 is 4.74 Å². The van der Waals surface area contributed by atoms with Gasteiger partial charge in [-0.1, -0.05) is 35.5 Å². The number of nitrogens with one attached hydrogen (secondary N) is 2. The van der Waals surface area contributed by atoms with E-state index in [9.17, 15) is 22.0 Å². The first-order valence-electron chi connectivity index (χ1n) is 8.78. The van der Waals surface area contributed by atoms with Crippen LogP contribution in [0.4, 0.5) is 25.1 Å². The molecule has 2 aromatic heterocycles. The van der Waals surface area contributed by atoms with Crippen molar-refractivity contribution in [1.29, 1.82) is 0 Å². The Kier molecular flexibility index (Phi) is 6.44. The number of carbonyl (C=O) groups excluding carboxylic acids is 1. The number of nitrogens with zero attached hydrogens (tertiary/aromatic N) is 4. The maximum Gasteiger partial charge on any atom is 0.413 e. The molecule has 1 aromatic carbocycles. The van der Waals surface area contributed by atoms with Crippen LogP contribution in [-0.2, 0) is 21.8 Å². The van der Waals surface area contributed by atoms with Crippen molar-refractivity contribution in [2.75, 3.05) is 16.3 Å². The lowest BCUT2D eigenvalue weighted by Crippen LogP contribution is -2.23. The van der Waals surface area contributed by atoms with E-state index in [2.05, 4.69) is 25.3 Å². The van der Waals surface area contributed by atoms with Gasteiger partial charge in [0.05, 0.1) is 23.8 Å². The number of hydrogen-bond donors (Lipinski definition) is 2. The fourth-order valence-electron chi connectivity index (χ4n) is 2.63. The largest absolute Gasteiger partial charge is 0.435 e. The highest BCUT2D eigenvalue weighted by molar-refractivity contribution is 7.92. The Morgan fingerprint density at radius 3 is 2.45 bits per heavy atom. The number of rotatable bonds is 7. The summed E-state index contributed by atoms with van der Waals surface area (Å²) in [6.45, 7) is 0. The third-order valence-corrected chi connectivity index (χ3v) is 4.55. The van der Waals surface area contributed by atoms with Crippen molar-refractivity contribution in [1.82, 2.24) is 20.0 Å². The molecule has 0 saturated heterocycles. The third kappa shape index (κ3) is 5.72. The highest BCUT2D eigenvalue weighted by atomic mass is 32.2. The second-order valence-corrected chi connectivity index (χ2v) is 8.16. The Labute approximate surface area is 176 Å². The van der Waals surface area contributed by atoms with Gasteiger partial charge in [0.15, 0.2) is 17.6 Å². The number of ether oxygens (including phenoxy) is 1. The SMILES string of the molecule is Cn1nnc(-c2ccc(NS(C)(=O)=O)cn2)c1NC(=O)OC(c1ccccc1)C(F)F. The van der Waals surface area contributed by atoms with Crippen LogP contribution in [0.2, 0.25) is 0 Å². The molecule has 0 bridgehead atoms. The topological polar surface area (TPSA) is 128 Å². The minimum Gasteiger partial charge on any atom is -0.435 e. The van der Waals surface area contributed by atoms with Gasteiger partial charge in [-0.3, -0.25) is 15.0 Å². The average molecular weight is 452 g/mol. The van der Waals surface area contributed by atoms with E-state index in [0.29, 0.717) is 0 Å². The van der Waals surface area contributed by atoms with E-state index in [0.717, 1.165) is 6.26 Å². The van der Waals surface area contributed by atoms with Gasteiger partial charge >= 0.3 is 6.09 Å². The Hall–Kier alpha value is -3.61. The van der Waals surface area contributed by atoms with Crippen LogP contribution in [0.1, 0.15) is 11.7 Å². The predicted octanol–water partition coefficient (Wildman–Crippen LogP) is 2.80. The number of alkyl halides is 2. The van der Waals surface area contributed by atoms with Crippen molar-refractivity contribution < 1.29 is 26.7 Å². The molecule has 164 valence electrons. The molecule has 31 heavy (non-hydrogen) atoms. The molecule has 0 aliphatic rings. The third-order valence-electron chi connectivity index (χ3n) is 3.95. The summed E-state index contributed by atoms with van der Waals surface area (Å²) in [6.07, 6.45) is -3.57. The standard InChI is InChI=1S/C18H18F2N6O4S/c1-26-17(22-18(27)30-15(16(19)20)11-6-4-3-5-7-11)14(23-25-26)13-9-8-12(10-21-13)24-31(2,28)29/h3-10,15-16,24H,1-2H3,(H,22,27). The summed E-state index contributed by atoms with van der Waals surface area (Å²) in [4.78, 5) is 16.4. The van der Waals surface area contributed by atoms with Gasteiger partial charge in [0.2, 0.25) is 10.0 Å². The molecule has 13 heteroatoms.